The fourth-order valence-electron chi connectivity index (χ4n) is 1.59. The Morgan fingerprint density at radius 3 is 2.60 bits per heavy atom. The highest BCUT2D eigenvalue weighted by Gasteiger charge is 2.15. The summed E-state index contributed by atoms with van der Waals surface area (Å²) < 4.78 is 1.57. The fraction of sp³-hybridized carbons (Fsp3) is 0.357. The van der Waals surface area contributed by atoms with E-state index in [1.807, 2.05) is 45.0 Å². The average molecular weight is 273 g/mol. The minimum absolute atomic E-state index is 0.273. The molecule has 0 bridgehead atoms. The van der Waals surface area contributed by atoms with Crippen LogP contribution < -0.4 is 11.1 Å². The Hall–Kier alpha value is -2.21. The summed E-state index contributed by atoms with van der Waals surface area (Å²) in [5.74, 6) is -0.276. The quantitative estimate of drug-likeness (QED) is 0.871. The number of nitrogens with zero attached hydrogens (tertiary/aromatic N) is 3. The van der Waals surface area contributed by atoms with Crippen LogP contribution in [0.2, 0.25) is 0 Å². The summed E-state index contributed by atoms with van der Waals surface area (Å²) in [5, 5.41) is 10.6. The Bertz CT molecular complexity index is 595. The number of carbonyl (C=O) groups is 1. The lowest BCUT2D eigenvalue weighted by Crippen LogP contribution is -2.45. The van der Waals surface area contributed by atoms with Crippen LogP contribution in [0.4, 0.5) is 0 Å². The van der Waals surface area contributed by atoms with Crippen molar-refractivity contribution in [3.05, 3.63) is 41.7 Å². The number of hydrogen-bond donors (Lipinski definition) is 2. The molecule has 6 nitrogen and oxygen atoms in total. The van der Waals surface area contributed by atoms with Gasteiger partial charge in [0.25, 0.3) is 5.91 Å². The van der Waals surface area contributed by atoms with Gasteiger partial charge < -0.3 is 11.1 Å². The van der Waals surface area contributed by atoms with Crippen molar-refractivity contribution in [2.75, 3.05) is 6.54 Å². The van der Waals surface area contributed by atoms with Crippen molar-refractivity contribution in [2.24, 2.45) is 5.73 Å². The van der Waals surface area contributed by atoms with Gasteiger partial charge in [-0.1, -0.05) is 22.9 Å². The molecule has 0 fully saturated rings. The highest BCUT2D eigenvalue weighted by atomic mass is 16.2. The molecule has 6 heteroatoms. The zero-order valence-corrected chi connectivity index (χ0v) is 11.9. The predicted octanol–water partition coefficient (Wildman–Crippen LogP) is 1.04. The van der Waals surface area contributed by atoms with Crippen molar-refractivity contribution in [2.45, 2.75) is 26.3 Å². The van der Waals surface area contributed by atoms with Gasteiger partial charge in [-0.3, -0.25) is 4.79 Å². The molecule has 0 saturated heterocycles. The van der Waals surface area contributed by atoms with Gasteiger partial charge in [-0.2, -0.15) is 0 Å². The van der Waals surface area contributed by atoms with E-state index in [0.717, 1.165) is 11.3 Å². The van der Waals surface area contributed by atoms with Crippen LogP contribution in [0.5, 0.6) is 0 Å². The number of amides is 1. The fourth-order valence-corrected chi connectivity index (χ4v) is 1.59. The number of hydrogen-bond acceptors (Lipinski definition) is 4. The maximum Gasteiger partial charge on any atom is 0.273 e. The maximum absolute atomic E-state index is 11.9. The average Bonchev–Trinajstić information content (AvgIpc) is 2.85. The third kappa shape index (κ3) is 3.64. The van der Waals surface area contributed by atoms with E-state index in [-0.39, 0.29) is 11.6 Å². The number of carbonyl (C=O) groups excluding carboxylic acids is 1. The zero-order valence-electron chi connectivity index (χ0n) is 11.9. The molecule has 0 aliphatic heterocycles. The molecule has 0 spiro atoms. The van der Waals surface area contributed by atoms with Crippen molar-refractivity contribution >= 4 is 5.91 Å². The smallest absolute Gasteiger partial charge is 0.273 e. The first-order valence-corrected chi connectivity index (χ1v) is 6.42. The standard InChI is InChI=1S/C14H19N5O/c1-10-4-6-11(7-5-10)19-8-12(17-18-19)13(20)16-9-14(2,3)15/h4-8H,9,15H2,1-3H3,(H,16,20). The molecule has 0 saturated carbocycles. The van der Waals surface area contributed by atoms with Gasteiger partial charge in [-0.25, -0.2) is 4.68 Å². The molecule has 0 radical (unpaired) electrons. The van der Waals surface area contributed by atoms with E-state index in [1.54, 1.807) is 10.9 Å². The van der Waals surface area contributed by atoms with E-state index in [4.69, 9.17) is 5.73 Å². The maximum atomic E-state index is 11.9. The Balaban J connectivity index is 2.09. The molecule has 2 rings (SSSR count). The van der Waals surface area contributed by atoms with E-state index in [2.05, 4.69) is 15.6 Å². The van der Waals surface area contributed by atoms with E-state index < -0.39 is 5.54 Å². The normalized spacial score (nSPS) is 11.4. The van der Waals surface area contributed by atoms with Crippen molar-refractivity contribution < 1.29 is 4.79 Å². The van der Waals surface area contributed by atoms with Gasteiger partial charge in [0.2, 0.25) is 0 Å². The largest absolute Gasteiger partial charge is 0.349 e. The molecule has 0 atom stereocenters. The van der Waals surface area contributed by atoms with Crippen LogP contribution >= 0.6 is 0 Å². The highest BCUT2D eigenvalue weighted by molar-refractivity contribution is 5.91. The van der Waals surface area contributed by atoms with Crippen LogP contribution in [0.15, 0.2) is 30.5 Å². The number of nitrogens with one attached hydrogen (secondary N) is 1. The van der Waals surface area contributed by atoms with E-state index in [9.17, 15) is 4.79 Å². The Morgan fingerprint density at radius 1 is 1.35 bits per heavy atom. The lowest BCUT2D eigenvalue weighted by molar-refractivity contribution is 0.0941. The molecule has 0 aliphatic carbocycles. The monoisotopic (exact) mass is 273 g/mol. The van der Waals surface area contributed by atoms with Gasteiger partial charge in [0.1, 0.15) is 0 Å². The molecule has 0 unspecified atom stereocenters. The minimum Gasteiger partial charge on any atom is -0.349 e. The number of aryl methyl sites for hydroxylation is 1. The summed E-state index contributed by atoms with van der Waals surface area (Å²) in [5.41, 5.74) is 7.66. The first-order valence-electron chi connectivity index (χ1n) is 6.42. The van der Waals surface area contributed by atoms with Crippen LogP contribution in [0.25, 0.3) is 5.69 Å². The Morgan fingerprint density at radius 2 is 2.00 bits per heavy atom. The molecule has 1 heterocycles. The Labute approximate surface area is 118 Å². The summed E-state index contributed by atoms with van der Waals surface area (Å²) in [4.78, 5) is 11.9. The third-order valence-corrected chi connectivity index (χ3v) is 2.73. The summed E-state index contributed by atoms with van der Waals surface area (Å²) >= 11 is 0. The molecular formula is C14H19N5O. The third-order valence-electron chi connectivity index (χ3n) is 2.73. The molecule has 1 aromatic heterocycles. The van der Waals surface area contributed by atoms with E-state index in [0.29, 0.717) is 6.54 Å². The second kappa shape index (κ2) is 5.42. The SMILES string of the molecule is Cc1ccc(-n2cc(C(=O)NCC(C)(C)N)nn2)cc1. The van der Waals surface area contributed by atoms with Gasteiger partial charge >= 0.3 is 0 Å². The number of rotatable bonds is 4. The van der Waals surface area contributed by atoms with Crippen LogP contribution in [0, 0.1) is 6.92 Å². The molecular weight excluding hydrogens is 254 g/mol. The first-order chi connectivity index (χ1) is 9.35. The van der Waals surface area contributed by atoms with Crippen molar-refractivity contribution in [1.82, 2.24) is 20.3 Å². The topological polar surface area (TPSA) is 85.8 Å². The lowest BCUT2D eigenvalue weighted by Gasteiger charge is -2.18. The van der Waals surface area contributed by atoms with Gasteiger partial charge in [0, 0.05) is 12.1 Å². The lowest BCUT2D eigenvalue weighted by atomic mass is 10.1. The summed E-state index contributed by atoms with van der Waals surface area (Å²) in [7, 11) is 0. The predicted molar refractivity (Wildman–Crippen MR) is 76.7 cm³/mol. The molecule has 1 amide bonds. The van der Waals surface area contributed by atoms with Gasteiger partial charge in [0.15, 0.2) is 5.69 Å². The summed E-state index contributed by atoms with van der Waals surface area (Å²) in [6, 6.07) is 7.81. The summed E-state index contributed by atoms with van der Waals surface area (Å²) in [6.07, 6.45) is 1.60. The highest BCUT2D eigenvalue weighted by Crippen LogP contribution is 2.08. The van der Waals surface area contributed by atoms with Crippen LogP contribution in [-0.4, -0.2) is 33.0 Å². The molecule has 106 valence electrons. The van der Waals surface area contributed by atoms with Gasteiger partial charge in [-0.05, 0) is 32.9 Å². The van der Waals surface area contributed by atoms with E-state index in [1.165, 1.54) is 0 Å². The van der Waals surface area contributed by atoms with Crippen molar-refractivity contribution in [1.29, 1.82) is 0 Å². The number of nitrogens with two attached hydrogens (primary N) is 1. The molecule has 1 aromatic carbocycles. The second-order valence-electron chi connectivity index (χ2n) is 5.56. The van der Waals surface area contributed by atoms with Crippen LogP contribution in [0.3, 0.4) is 0 Å². The summed E-state index contributed by atoms with van der Waals surface area (Å²) in [6.45, 7) is 6.08. The van der Waals surface area contributed by atoms with Crippen LogP contribution in [-0.2, 0) is 0 Å². The Kier molecular flexibility index (Phi) is 3.85. The second-order valence-corrected chi connectivity index (χ2v) is 5.56. The molecule has 2 aromatic rings. The van der Waals surface area contributed by atoms with Gasteiger partial charge in [0.05, 0.1) is 11.9 Å². The van der Waals surface area contributed by atoms with Crippen molar-refractivity contribution in [3.63, 3.8) is 0 Å². The molecule has 20 heavy (non-hydrogen) atoms. The van der Waals surface area contributed by atoms with Gasteiger partial charge in [-0.15, -0.1) is 5.10 Å². The first kappa shape index (κ1) is 14.2. The van der Waals surface area contributed by atoms with Crippen LogP contribution in [0.1, 0.15) is 29.9 Å². The molecule has 0 aliphatic rings. The number of aromatic nitrogens is 3. The minimum atomic E-state index is -0.456. The zero-order chi connectivity index (χ0) is 14.8. The number of benzene rings is 1. The molecule has 3 N–H and O–H groups in total. The van der Waals surface area contributed by atoms with E-state index >= 15 is 0 Å². The van der Waals surface area contributed by atoms with Crippen molar-refractivity contribution in [3.8, 4) is 5.69 Å².